The Kier molecular flexibility index (Phi) is 2.06. The van der Waals surface area contributed by atoms with Gasteiger partial charge in [-0.15, -0.1) is 5.10 Å². The molecule has 0 fully saturated rings. The fourth-order valence-corrected chi connectivity index (χ4v) is 1.12. The quantitative estimate of drug-likeness (QED) is 0.735. The molecule has 70 valence electrons. The SMILES string of the molecule is Nc1nncc(-c2ccccc2F)n1. The first kappa shape index (κ1) is 8.55. The number of rotatable bonds is 1. The van der Waals surface area contributed by atoms with E-state index < -0.39 is 0 Å². The van der Waals surface area contributed by atoms with Crippen LogP contribution in [0.4, 0.5) is 10.3 Å². The maximum atomic E-state index is 13.3. The van der Waals surface area contributed by atoms with Gasteiger partial charge in [0.15, 0.2) is 0 Å². The molecule has 4 nitrogen and oxygen atoms in total. The van der Waals surface area contributed by atoms with Gasteiger partial charge in [-0.2, -0.15) is 5.10 Å². The second-order valence-corrected chi connectivity index (χ2v) is 2.68. The molecule has 5 heteroatoms. The molecule has 0 saturated heterocycles. The summed E-state index contributed by atoms with van der Waals surface area (Å²) < 4.78 is 13.3. The zero-order valence-electron chi connectivity index (χ0n) is 7.18. The minimum Gasteiger partial charge on any atom is -0.366 e. The van der Waals surface area contributed by atoms with E-state index in [9.17, 15) is 4.39 Å². The lowest BCUT2D eigenvalue weighted by atomic mass is 10.1. The lowest BCUT2D eigenvalue weighted by Crippen LogP contribution is -1.98. The van der Waals surface area contributed by atoms with Gasteiger partial charge in [-0.3, -0.25) is 0 Å². The summed E-state index contributed by atoms with van der Waals surface area (Å²) in [6, 6.07) is 6.29. The van der Waals surface area contributed by atoms with E-state index in [1.54, 1.807) is 18.2 Å². The van der Waals surface area contributed by atoms with E-state index >= 15 is 0 Å². The Bertz CT molecular complexity index is 458. The van der Waals surface area contributed by atoms with Gasteiger partial charge in [0.25, 0.3) is 0 Å². The van der Waals surface area contributed by atoms with Crippen molar-refractivity contribution < 1.29 is 4.39 Å². The monoisotopic (exact) mass is 190 g/mol. The summed E-state index contributed by atoms with van der Waals surface area (Å²) in [5, 5.41) is 7.09. The standard InChI is InChI=1S/C9H7FN4/c10-7-4-2-1-3-6(7)8-5-12-14-9(11)13-8/h1-5H,(H2,11,13,14). The average Bonchev–Trinajstić information content (AvgIpc) is 2.18. The molecule has 0 aliphatic rings. The predicted molar refractivity (Wildman–Crippen MR) is 49.6 cm³/mol. The van der Waals surface area contributed by atoms with Crippen LogP contribution in [-0.4, -0.2) is 15.2 Å². The minimum absolute atomic E-state index is 0.0331. The lowest BCUT2D eigenvalue weighted by Gasteiger charge is -2.00. The fraction of sp³-hybridized carbons (Fsp3) is 0. The second-order valence-electron chi connectivity index (χ2n) is 2.68. The highest BCUT2D eigenvalue weighted by Gasteiger charge is 2.05. The molecule has 0 atom stereocenters. The van der Waals surface area contributed by atoms with Gasteiger partial charge >= 0.3 is 0 Å². The third kappa shape index (κ3) is 1.52. The Hall–Kier alpha value is -2.04. The van der Waals surface area contributed by atoms with Gasteiger partial charge in [0.05, 0.1) is 11.9 Å². The highest BCUT2D eigenvalue weighted by atomic mass is 19.1. The molecule has 1 aromatic carbocycles. The molecule has 1 heterocycles. The molecule has 0 amide bonds. The third-order valence-corrected chi connectivity index (χ3v) is 1.73. The van der Waals surface area contributed by atoms with Crippen LogP contribution in [0.2, 0.25) is 0 Å². The molecular weight excluding hydrogens is 183 g/mol. The van der Waals surface area contributed by atoms with E-state index in [2.05, 4.69) is 15.2 Å². The van der Waals surface area contributed by atoms with E-state index in [-0.39, 0.29) is 11.8 Å². The summed E-state index contributed by atoms with van der Waals surface area (Å²) in [5.41, 5.74) is 6.09. The van der Waals surface area contributed by atoms with Crippen molar-refractivity contribution in [2.24, 2.45) is 0 Å². The van der Waals surface area contributed by atoms with Gasteiger partial charge in [0, 0.05) is 5.56 Å². The van der Waals surface area contributed by atoms with Gasteiger partial charge in [-0.05, 0) is 12.1 Å². The molecule has 0 unspecified atom stereocenters. The van der Waals surface area contributed by atoms with Crippen molar-refractivity contribution in [3.8, 4) is 11.3 Å². The smallest absolute Gasteiger partial charge is 0.240 e. The Morgan fingerprint density at radius 3 is 2.71 bits per heavy atom. The molecule has 0 saturated carbocycles. The van der Waals surface area contributed by atoms with Crippen LogP contribution >= 0.6 is 0 Å². The number of aromatic nitrogens is 3. The lowest BCUT2D eigenvalue weighted by molar-refractivity contribution is 0.630. The Balaban J connectivity index is 2.55. The van der Waals surface area contributed by atoms with Crippen molar-refractivity contribution in [2.75, 3.05) is 5.73 Å². The van der Waals surface area contributed by atoms with Crippen molar-refractivity contribution >= 4 is 5.95 Å². The van der Waals surface area contributed by atoms with Crippen LogP contribution < -0.4 is 5.73 Å². The molecule has 0 bridgehead atoms. The molecule has 0 aliphatic carbocycles. The van der Waals surface area contributed by atoms with Crippen LogP contribution in [0, 0.1) is 5.82 Å². The van der Waals surface area contributed by atoms with Gasteiger partial charge in [0.1, 0.15) is 5.82 Å². The predicted octanol–water partition coefficient (Wildman–Crippen LogP) is 1.26. The molecular formula is C9H7FN4. The molecule has 0 spiro atoms. The van der Waals surface area contributed by atoms with Crippen molar-refractivity contribution in [2.45, 2.75) is 0 Å². The number of nitrogen functional groups attached to an aromatic ring is 1. The summed E-state index contributed by atoms with van der Waals surface area (Å²) >= 11 is 0. The largest absolute Gasteiger partial charge is 0.366 e. The van der Waals surface area contributed by atoms with Crippen LogP contribution in [-0.2, 0) is 0 Å². The molecule has 14 heavy (non-hydrogen) atoms. The Morgan fingerprint density at radius 2 is 2.00 bits per heavy atom. The molecule has 2 N–H and O–H groups in total. The zero-order valence-corrected chi connectivity index (χ0v) is 7.18. The molecule has 0 aliphatic heterocycles. The minimum atomic E-state index is -0.354. The van der Waals surface area contributed by atoms with Crippen LogP contribution in [0.1, 0.15) is 0 Å². The second kappa shape index (κ2) is 3.37. The average molecular weight is 190 g/mol. The van der Waals surface area contributed by atoms with Gasteiger partial charge in [-0.25, -0.2) is 9.37 Å². The third-order valence-electron chi connectivity index (χ3n) is 1.73. The maximum Gasteiger partial charge on any atom is 0.240 e. The van der Waals surface area contributed by atoms with Crippen molar-refractivity contribution in [3.05, 3.63) is 36.3 Å². The number of benzene rings is 1. The zero-order chi connectivity index (χ0) is 9.97. The van der Waals surface area contributed by atoms with Crippen LogP contribution in [0.5, 0.6) is 0 Å². The van der Waals surface area contributed by atoms with Crippen LogP contribution in [0.3, 0.4) is 0 Å². The fourth-order valence-electron chi connectivity index (χ4n) is 1.12. The topological polar surface area (TPSA) is 64.7 Å². The van der Waals surface area contributed by atoms with Crippen molar-refractivity contribution in [1.82, 2.24) is 15.2 Å². The number of halogens is 1. The van der Waals surface area contributed by atoms with Crippen LogP contribution in [0.15, 0.2) is 30.5 Å². The summed E-state index contributed by atoms with van der Waals surface area (Å²) in [4.78, 5) is 3.87. The summed E-state index contributed by atoms with van der Waals surface area (Å²) in [5.74, 6) is -0.321. The first-order valence-corrected chi connectivity index (χ1v) is 3.97. The Morgan fingerprint density at radius 1 is 1.21 bits per heavy atom. The number of anilines is 1. The number of hydrogen-bond donors (Lipinski definition) is 1. The van der Waals surface area contributed by atoms with Gasteiger partial charge in [-0.1, -0.05) is 12.1 Å². The number of nitrogens with zero attached hydrogens (tertiary/aromatic N) is 3. The first-order chi connectivity index (χ1) is 6.77. The van der Waals surface area contributed by atoms with E-state index in [0.717, 1.165) is 0 Å². The van der Waals surface area contributed by atoms with E-state index in [4.69, 9.17) is 5.73 Å². The van der Waals surface area contributed by atoms with Crippen molar-refractivity contribution in [3.63, 3.8) is 0 Å². The van der Waals surface area contributed by atoms with E-state index in [0.29, 0.717) is 11.3 Å². The van der Waals surface area contributed by atoms with Crippen LogP contribution in [0.25, 0.3) is 11.3 Å². The molecule has 1 aromatic heterocycles. The van der Waals surface area contributed by atoms with Gasteiger partial charge in [0.2, 0.25) is 5.95 Å². The summed E-state index contributed by atoms with van der Waals surface area (Å²) in [6.45, 7) is 0. The number of hydrogen-bond acceptors (Lipinski definition) is 4. The van der Waals surface area contributed by atoms with Gasteiger partial charge < -0.3 is 5.73 Å². The first-order valence-electron chi connectivity index (χ1n) is 3.97. The van der Waals surface area contributed by atoms with E-state index in [1.165, 1.54) is 12.3 Å². The highest BCUT2D eigenvalue weighted by Crippen LogP contribution is 2.19. The molecule has 2 aromatic rings. The normalized spacial score (nSPS) is 10.1. The highest BCUT2D eigenvalue weighted by molar-refractivity contribution is 5.59. The number of nitrogens with two attached hydrogens (primary N) is 1. The van der Waals surface area contributed by atoms with E-state index in [1.807, 2.05) is 0 Å². The molecule has 2 rings (SSSR count). The molecule has 0 radical (unpaired) electrons. The maximum absolute atomic E-state index is 13.3. The van der Waals surface area contributed by atoms with Crippen molar-refractivity contribution in [1.29, 1.82) is 0 Å². The Labute approximate surface area is 79.6 Å². The summed E-state index contributed by atoms with van der Waals surface area (Å²) in [6.07, 6.45) is 1.37. The summed E-state index contributed by atoms with van der Waals surface area (Å²) in [7, 11) is 0.